The van der Waals surface area contributed by atoms with Gasteiger partial charge in [-0.25, -0.2) is 12.8 Å². The first-order valence-electron chi connectivity index (χ1n) is 6.12. The van der Waals surface area contributed by atoms with E-state index < -0.39 is 15.7 Å². The van der Waals surface area contributed by atoms with Crippen LogP contribution >= 0.6 is 0 Å². The van der Waals surface area contributed by atoms with Gasteiger partial charge in [0.1, 0.15) is 5.82 Å². The first-order chi connectivity index (χ1) is 8.38. The second-order valence-electron chi connectivity index (χ2n) is 4.48. The number of rotatable bonds is 6. The van der Waals surface area contributed by atoms with Crippen LogP contribution in [0.5, 0.6) is 0 Å². The summed E-state index contributed by atoms with van der Waals surface area (Å²) in [5.41, 5.74) is 0.254. The number of anilines is 1. The molecule has 5 heteroatoms. The summed E-state index contributed by atoms with van der Waals surface area (Å²) in [4.78, 5) is 0.135. The Morgan fingerprint density at radius 2 is 1.89 bits per heavy atom. The van der Waals surface area contributed by atoms with Crippen LogP contribution in [0.4, 0.5) is 10.1 Å². The molecule has 1 rings (SSSR count). The van der Waals surface area contributed by atoms with Crippen LogP contribution in [0.15, 0.2) is 23.1 Å². The normalized spacial score (nSPS) is 11.8. The largest absolute Gasteiger partial charge is 0.382 e. The van der Waals surface area contributed by atoms with E-state index in [0.29, 0.717) is 12.5 Å². The third-order valence-electron chi connectivity index (χ3n) is 3.10. The fraction of sp³-hybridized carbons (Fsp3) is 0.538. The maximum atomic E-state index is 13.6. The molecule has 0 aliphatic rings. The molecule has 0 bridgehead atoms. The predicted molar refractivity (Wildman–Crippen MR) is 72.1 cm³/mol. The van der Waals surface area contributed by atoms with Gasteiger partial charge in [-0.3, -0.25) is 0 Å². The van der Waals surface area contributed by atoms with Gasteiger partial charge in [0.05, 0.1) is 10.6 Å². The van der Waals surface area contributed by atoms with Crippen LogP contribution in [0.25, 0.3) is 0 Å². The van der Waals surface area contributed by atoms with Crippen molar-refractivity contribution in [3.63, 3.8) is 0 Å². The molecule has 0 aliphatic heterocycles. The molecule has 0 spiro atoms. The van der Waals surface area contributed by atoms with Crippen molar-refractivity contribution in [2.45, 2.75) is 31.6 Å². The third kappa shape index (κ3) is 3.98. The van der Waals surface area contributed by atoms with Crippen LogP contribution < -0.4 is 5.32 Å². The van der Waals surface area contributed by atoms with E-state index in [-0.39, 0.29) is 10.6 Å². The van der Waals surface area contributed by atoms with E-state index >= 15 is 0 Å². The molecular weight excluding hydrogens is 253 g/mol. The van der Waals surface area contributed by atoms with E-state index in [1.54, 1.807) is 0 Å². The van der Waals surface area contributed by atoms with E-state index in [1.165, 1.54) is 18.2 Å². The van der Waals surface area contributed by atoms with Crippen LogP contribution in [-0.2, 0) is 9.84 Å². The molecule has 0 amide bonds. The second kappa shape index (κ2) is 6.18. The highest BCUT2D eigenvalue weighted by molar-refractivity contribution is 7.90. The first-order valence-corrected chi connectivity index (χ1v) is 8.01. The van der Waals surface area contributed by atoms with Crippen molar-refractivity contribution < 1.29 is 12.8 Å². The van der Waals surface area contributed by atoms with Crippen molar-refractivity contribution in [3.8, 4) is 0 Å². The molecule has 0 aliphatic carbocycles. The van der Waals surface area contributed by atoms with Crippen molar-refractivity contribution in [2.24, 2.45) is 5.92 Å². The van der Waals surface area contributed by atoms with Crippen molar-refractivity contribution in [1.29, 1.82) is 0 Å². The first kappa shape index (κ1) is 15.0. The van der Waals surface area contributed by atoms with Gasteiger partial charge in [0.15, 0.2) is 9.84 Å². The minimum absolute atomic E-state index is 0.135. The summed E-state index contributed by atoms with van der Waals surface area (Å²) in [6.45, 7) is 4.81. The van der Waals surface area contributed by atoms with Gasteiger partial charge in [0.2, 0.25) is 0 Å². The summed E-state index contributed by atoms with van der Waals surface area (Å²) in [6, 6.07) is 3.83. The SMILES string of the molecule is CCC(CC)CNc1cc(S(C)(=O)=O)ccc1F. The van der Waals surface area contributed by atoms with Crippen LogP contribution in [0.2, 0.25) is 0 Å². The molecular formula is C13H20FNO2S. The highest BCUT2D eigenvalue weighted by Gasteiger charge is 2.12. The molecule has 0 fully saturated rings. The quantitative estimate of drug-likeness (QED) is 0.810. The molecule has 3 nitrogen and oxygen atoms in total. The monoisotopic (exact) mass is 273 g/mol. The van der Waals surface area contributed by atoms with Crippen molar-refractivity contribution >= 4 is 15.5 Å². The Hall–Kier alpha value is -1.10. The summed E-state index contributed by atoms with van der Waals surface area (Å²) in [5, 5.41) is 2.99. The average Bonchev–Trinajstić information content (AvgIpc) is 2.31. The van der Waals surface area contributed by atoms with E-state index in [2.05, 4.69) is 19.2 Å². The second-order valence-corrected chi connectivity index (χ2v) is 6.49. The molecule has 0 heterocycles. The zero-order valence-electron chi connectivity index (χ0n) is 11.0. The van der Waals surface area contributed by atoms with Crippen molar-refractivity contribution in [2.75, 3.05) is 18.1 Å². The molecule has 18 heavy (non-hydrogen) atoms. The number of nitrogens with one attached hydrogen (secondary N) is 1. The molecule has 0 saturated heterocycles. The Kier molecular flexibility index (Phi) is 5.14. The number of hydrogen-bond donors (Lipinski definition) is 1. The molecule has 1 N–H and O–H groups in total. The standard InChI is InChI=1S/C13H20FNO2S/c1-4-10(5-2)9-15-13-8-11(18(3,16)17)6-7-12(13)14/h6-8,10,15H,4-5,9H2,1-3H3. The lowest BCUT2D eigenvalue weighted by Gasteiger charge is -2.15. The van der Waals surface area contributed by atoms with Gasteiger partial charge in [-0.05, 0) is 24.1 Å². The van der Waals surface area contributed by atoms with E-state index in [1.807, 2.05) is 0 Å². The Balaban J connectivity index is 2.88. The molecule has 102 valence electrons. The van der Waals surface area contributed by atoms with Crippen LogP contribution in [0.3, 0.4) is 0 Å². The van der Waals surface area contributed by atoms with E-state index in [4.69, 9.17) is 0 Å². The molecule has 0 radical (unpaired) electrons. The van der Waals surface area contributed by atoms with Gasteiger partial charge in [-0.1, -0.05) is 26.7 Å². The van der Waals surface area contributed by atoms with Gasteiger partial charge < -0.3 is 5.32 Å². The maximum absolute atomic E-state index is 13.6. The number of halogens is 1. The van der Waals surface area contributed by atoms with E-state index in [0.717, 1.165) is 19.1 Å². The maximum Gasteiger partial charge on any atom is 0.175 e. The fourth-order valence-electron chi connectivity index (χ4n) is 1.70. The van der Waals surface area contributed by atoms with Gasteiger partial charge in [0.25, 0.3) is 0 Å². The Bertz CT molecular complexity index is 496. The van der Waals surface area contributed by atoms with Crippen LogP contribution in [0.1, 0.15) is 26.7 Å². The van der Waals surface area contributed by atoms with Crippen molar-refractivity contribution in [1.82, 2.24) is 0 Å². The van der Waals surface area contributed by atoms with E-state index in [9.17, 15) is 12.8 Å². The summed E-state index contributed by atoms with van der Waals surface area (Å²) in [5.74, 6) is 0.0413. The molecule has 0 aromatic heterocycles. The highest BCUT2D eigenvalue weighted by atomic mass is 32.2. The Morgan fingerprint density at radius 1 is 1.28 bits per heavy atom. The lowest BCUT2D eigenvalue weighted by molar-refractivity contribution is 0.517. The molecule has 1 aromatic carbocycles. The average molecular weight is 273 g/mol. The topological polar surface area (TPSA) is 46.2 Å². The number of sulfone groups is 1. The van der Waals surface area contributed by atoms with Crippen molar-refractivity contribution in [3.05, 3.63) is 24.0 Å². The highest BCUT2D eigenvalue weighted by Crippen LogP contribution is 2.20. The summed E-state index contributed by atoms with van der Waals surface area (Å²) >= 11 is 0. The van der Waals surface area contributed by atoms with Gasteiger partial charge in [-0.2, -0.15) is 0 Å². The summed E-state index contributed by atoms with van der Waals surface area (Å²) < 4.78 is 36.4. The van der Waals surface area contributed by atoms with Gasteiger partial charge in [-0.15, -0.1) is 0 Å². The van der Waals surface area contributed by atoms with Gasteiger partial charge in [0, 0.05) is 12.8 Å². The number of benzene rings is 1. The minimum atomic E-state index is -3.30. The van der Waals surface area contributed by atoms with Gasteiger partial charge >= 0.3 is 0 Å². The lowest BCUT2D eigenvalue weighted by atomic mass is 10.0. The summed E-state index contributed by atoms with van der Waals surface area (Å²) in [6.07, 6.45) is 3.14. The predicted octanol–water partition coefficient (Wildman–Crippen LogP) is 3.08. The molecule has 0 atom stereocenters. The lowest BCUT2D eigenvalue weighted by Crippen LogP contribution is -2.14. The summed E-state index contributed by atoms with van der Waals surface area (Å²) in [7, 11) is -3.30. The Labute approximate surface area is 108 Å². The minimum Gasteiger partial charge on any atom is -0.382 e. The third-order valence-corrected chi connectivity index (χ3v) is 4.21. The fourth-order valence-corrected chi connectivity index (χ4v) is 2.35. The number of hydrogen-bond acceptors (Lipinski definition) is 3. The zero-order valence-corrected chi connectivity index (χ0v) is 11.8. The molecule has 0 unspecified atom stereocenters. The molecule has 1 aromatic rings. The smallest absolute Gasteiger partial charge is 0.175 e. The molecule has 0 saturated carbocycles. The van der Waals surface area contributed by atoms with Crippen LogP contribution in [0, 0.1) is 11.7 Å². The van der Waals surface area contributed by atoms with Crippen LogP contribution in [-0.4, -0.2) is 21.2 Å². The zero-order chi connectivity index (χ0) is 13.8. The Morgan fingerprint density at radius 3 is 2.39 bits per heavy atom.